The molecule has 0 aromatic heterocycles. The fourth-order valence-electron chi connectivity index (χ4n) is 0.116. The molecular formula is C4H9NO2. The molecule has 0 aromatic carbocycles. The Morgan fingerprint density at radius 1 is 1.86 bits per heavy atom. The SMILES string of the molecule is CO[C@H](C)C(N)=O. The highest BCUT2D eigenvalue weighted by Gasteiger charge is 2.03. The minimum atomic E-state index is -0.458. The maximum atomic E-state index is 10.0. The number of nitrogens with two attached hydrogens (primary N) is 1. The maximum Gasteiger partial charge on any atom is 0.246 e. The lowest BCUT2D eigenvalue weighted by molar-refractivity contribution is -0.126. The average Bonchev–Trinajstić information content (AvgIpc) is 1.65. The molecule has 0 radical (unpaired) electrons. The molecule has 2 N–H and O–H groups in total. The molecule has 1 atom stereocenters. The van der Waals surface area contributed by atoms with Crippen LogP contribution in [0, 0.1) is 0 Å². The van der Waals surface area contributed by atoms with Crippen LogP contribution in [0.15, 0.2) is 0 Å². The summed E-state index contributed by atoms with van der Waals surface area (Å²) in [6, 6.07) is 0. The molecule has 0 saturated heterocycles. The molecule has 3 nitrogen and oxygen atoms in total. The van der Waals surface area contributed by atoms with Gasteiger partial charge in [-0.05, 0) is 6.92 Å². The van der Waals surface area contributed by atoms with E-state index in [1.165, 1.54) is 7.11 Å². The topological polar surface area (TPSA) is 52.3 Å². The van der Waals surface area contributed by atoms with Crippen LogP contribution in [0.4, 0.5) is 0 Å². The zero-order chi connectivity index (χ0) is 5.86. The summed E-state index contributed by atoms with van der Waals surface area (Å²) in [4.78, 5) is 10.0. The zero-order valence-electron chi connectivity index (χ0n) is 4.47. The highest BCUT2D eigenvalue weighted by molar-refractivity contribution is 5.78. The van der Waals surface area contributed by atoms with E-state index >= 15 is 0 Å². The molecule has 0 aliphatic heterocycles. The van der Waals surface area contributed by atoms with Crippen LogP contribution in [0.3, 0.4) is 0 Å². The normalized spacial score (nSPS) is 13.4. The van der Waals surface area contributed by atoms with Crippen molar-refractivity contribution < 1.29 is 9.53 Å². The summed E-state index contributed by atoms with van der Waals surface area (Å²) in [7, 11) is 1.44. The van der Waals surface area contributed by atoms with Gasteiger partial charge in [0.15, 0.2) is 0 Å². The van der Waals surface area contributed by atoms with Gasteiger partial charge >= 0.3 is 0 Å². The second kappa shape index (κ2) is 2.58. The predicted octanol–water partition coefficient (Wildman–Crippen LogP) is -0.493. The first-order valence-corrected chi connectivity index (χ1v) is 2.00. The van der Waals surface area contributed by atoms with Crippen molar-refractivity contribution in [2.45, 2.75) is 13.0 Å². The summed E-state index contributed by atoms with van der Waals surface area (Å²) in [5.74, 6) is -0.428. The lowest BCUT2D eigenvalue weighted by Gasteiger charge is -2.00. The van der Waals surface area contributed by atoms with Gasteiger partial charge in [-0.1, -0.05) is 0 Å². The van der Waals surface area contributed by atoms with Crippen LogP contribution in [0.1, 0.15) is 6.92 Å². The second-order valence-electron chi connectivity index (χ2n) is 1.28. The third kappa shape index (κ3) is 2.17. The number of methoxy groups -OCH3 is 1. The van der Waals surface area contributed by atoms with Crippen molar-refractivity contribution in [1.82, 2.24) is 0 Å². The Labute approximate surface area is 42.4 Å². The van der Waals surface area contributed by atoms with Crippen LogP contribution in [-0.4, -0.2) is 19.1 Å². The van der Waals surface area contributed by atoms with E-state index in [1.54, 1.807) is 6.92 Å². The van der Waals surface area contributed by atoms with Gasteiger partial charge in [0, 0.05) is 7.11 Å². The van der Waals surface area contributed by atoms with Crippen LogP contribution in [0.2, 0.25) is 0 Å². The summed E-state index contributed by atoms with van der Waals surface area (Å²) in [6.07, 6.45) is -0.458. The van der Waals surface area contributed by atoms with E-state index < -0.39 is 12.0 Å². The molecule has 3 heteroatoms. The Morgan fingerprint density at radius 3 is 2.29 bits per heavy atom. The number of hydrogen-bond acceptors (Lipinski definition) is 2. The molecular weight excluding hydrogens is 94.0 g/mol. The lowest BCUT2D eigenvalue weighted by atomic mass is 10.4. The predicted molar refractivity (Wildman–Crippen MR) is 25.7 cm³/mol. The maximum absolute atomic E-state index is 10.0. The van der Waals surface area contributed by atoms with Crippen molar-refractivity contribution in [2.75, 3.05) is 7.11 Å². The molecule has 0 aliphatic carbocycles. The summed E-state index contributed by atoms with van der Waals surface area (Å²) in [6.45, 7) is 1.60. The zero-order valence-corrected chi connectivity index (χ0v) is 4.47. The third-order valence-electron chi connectivity index (χ3n) is 0.754. The Morgan fingerprint density at radius 2 is 2.29 bits per heavy atom. The number of carbonyl (C=O) groups excluding carboxylic acids is 1. The quantitative estimate of drug-likeness (QED) is 0.512. The van der Waals surface area contributed by atoms with E-state index in [-0.39, 0.29) is 0 Å². The first kappa shape index (κ1) is 6.43. The molecule has 0 spiro atoms. The number of hydrogen-bond donors (Lipinski definition) is 1. The smallest absolute Gasteiger partial charge is 0.246 e. The van der Waals surface area contributed by atoms with Gasteiger partial charge in [0.25, 0.3) is 0 Å². The van der Waals surface area contributed by atoms with E-state index in [1.807, 2.05) is 0 Å². The Balaban J connectivity index is 3.34. The Hall–Kier alpha value is -0.570. The van der Waals surface area contributed by atoms with Gasteiger partial charge in [-0.2, -0.15) is 0 Å². The average molecular weight is 103 g/mol. The Kier molecular flexibility index (Phi) is 2.37. The van der Waals surface area contributed by atoms with E-state index in [0.717, 1.165) is 0 Å². The van der Waals surface area contributed by atoms with Crippen LogP contribution < -0.4 is 5.73 Å². The first-order valence-electron chi connectivity index (χ1n) is 2.00. The van der Waals surface area contributed by atoms with Gasteiger partial charge < -0.3 is 10.5 Å². The largest absolute Gasteiger partial charge is 0.372 e. The molecule has 42 valence electrons. The van der Waals surface area contributed by atoms with Crippen molar-refractivity contribution in [3.8, 4) is 0 Å². The standard InChI is InChI=1S/C4H9NO2/c1-3(7-2)4(5)6/h3H,1-2H3,(H2,5,6)/t3-/m1/s1. The van der Waals surface area contributed by atoms with Gasteiger partial charge in [0.05, 0.1) is 0 Å². The summed E-state index contributed by atoms with van der Waals surface area (Å²) < 4.78 is 4.54. The number of rotatable bonds is 2. The molecule has 0 unspecified atom stereocenters. The van der Waals surface area contributed by atoms with Crippen LogP contribution in [0.25, 0.3) is 0 Å². The van der Waals surface area contributed by atoms with E-state index in [4.69, 9.17) is 5.73 Å². The molecule has 0 aliphatic rings. The van der Waals surface area contributed by atoms with E-state index in [9.17, 15) is 4.79 Å². The van der Waals surface area contributed by atoms with Crippen molar-refractivity contribution in [2.24, 2.45) is 5.73 Å². The third-order valence-corrected chi connectivity index (χ3v) is 0.754. The fourth-order valence-corrected chi connectivity index (χ4v) is 0.116. The van der Waals surface area contributed by atoms with Crippen LogP contribution in [-0.2, 0) is 9.53 Å². The fraction of sp³-hybridized carbons (Fsp3) is 0.750. The molecule has 1 amide bonds. The van der Waals surface area contributed by atoms with Crippen molar-refractivity contribution in [3.05, 3.63) is 0 Å². The van der Waals surface area contributed by atoms with Gasteiger partial charge in [-0.3, -0.25) is 4.79 Å². The monoisotopic (exact) mass is 103 g/mol. The lowest BCUT2D eigenvalue weighted by Crippen LogP contribution is -2.26. The molecule has 0 saturated carbocycles. The molecule has 0 heterocycles. The van der Waals surface area contributed by atoms with Crippen molar-refractivity contribution in [1.29, 1.82) is 0 Å². The number of ether oxygens (including phenoxy) is 1. The minimum absolute atomic E-state index is 0.428. The molecule has 7 heavy (non-hydrogen) atoms. The summed E-state index contributed by atoms with van der Waals surface area (Å²) >= 11 is 0. The highest BCUT2D eigenvalue weighted by Crippen LogP contribution is 1.81. The summed E-state index contributed by atoms with van der Waals surface area (Å²) in [5, 5.41) is 0. The molecule has 0 bridgehead atoms. The second-order valence-corrected chi connectivity index (χ2v) is 1.28. The van der Waals surface area contributed by atoms with E-state index in [2.05, 4.69) is 4.74 Å². The van der Waals surface area contributed by atoms with Crippen molar-refractivity contribution in [3.63, 3.8) is 0 Å². The Bertz CT molecular complexity index is 72.1. The van der Waals surface area contributed by atoms with Gasteiger partial charge in [-0.25, -0.2) is 0 Å². The molecule has 0 fully saturated rings. The summed E-state index contributed by atoms with van der Waals surface area (Å²) in [5.41, 5.74) is 4.78. The number of primary amides is 1. The van der Waals surface area contributed by atoms with Gasteiger partial charge in [0.1, 0.15) is 6.10 Å². The molecule has 0 rings (SSSR count). The van der Waals surface area contributed by atoms with Gasteiger partial charge in [0.2, 0.25) is 5.91 Å². The highest BCUT2D eigenvalue weighted by atomic mass is 16.5. The van der Waals surface area contributed by atoms with Gasteiger partial charge in [-0.15, -0.1) is 0 Å². The minimum Gasteiger partial charge on any atom is -0.372 e. The van der Waals surface area contributed by atoms with E-state index in [0.29, 0.717) is 0 Å². The molecule has 0 aromatic rings. The van der Waals surface area contributed by atoms with Crippen molar-refractivity contribution >= 4 is 5.91 Å². The van der Waals surface area contributed by atoms with Crippen LogP contribution in [0.5, 0.6) is 0 Å². The first-order chi connectivity index (χ1) is 3.18. The number of amides is 1. The van der Waals surface area contributed by atoms with Crippen LogP contribution >= 0.6 is 0 Å². The number of carbonyl (C=O) groups is 1.